The van der Waals surface area contributed by atoms with Gasteiger partial charge in [0.15, 0.2) is 0 Å². The predicted molar refractivity (Wildman–Crippen MR) is 83.6 cm³/mol. The minimum atomic E-state index is 0.326. The Morgan fingerprint density at radius 2 is 2.17 bits per heavy atom. The number of benzene rings is 1. The van der Waals surface area contributed by atoms with Crippen LogP contribution in [0.15, 0.2) is 40.2 Å². The van der Waals surface area contributed by atoms with E-state index in [0.717, 1.165) is 18.0 Å². The lowest BCUT2D eigenvalue weighted by molar-refractivity contribution is 0.578. The van der Waals surface area contributed by atoms with E-state index in [4.69, 9.17) is 11.6 Å². The number of halogens is 2. The van der Waals surface area contributed by atoms with E-state index in [9.17, 15) is 0 Å². The van der Waals surface area contributed by atoms with E-state index in [1.807, 2.05) is 18.2 Å². The van der Waals surface area contributed by atoms with Crippen molar-refractivity contribution in [3.05, 3.63) is 55.6 Å². The lowest BCUT2D eigenvalue weighted by Gasteiger charge is -2.14. The molecular formula is C14H15BrClNS. The summed E-state index contributed by atoms with van der Waals surface area (Å²) in [6.45, 7) is 3.14. The minimum absolute atomic E-state index is 0.326. The van der Waals surface area contributed by atoms with Gasteiger partial charge in [0.2, 0.25) is 0 Å². The van der Waals surface area contributed by atoms with Crippen LogP contribution in [0.2, 0.25) is 5.02 Å². The molecule has 2 aromatic rings. The van der Waals surface area contributed by atoms with Crippen molar-refractivity contribution in [3.8, 4) is 0 Å². The Morgan fingerprint density at radius 3 is 2.83 bits per heavy atom. The molecule has 0 radical (unpaired) electrons. The zero-order valence-corrected chi connectivity index (χ0v) is 13.3. The smallest absolute Gasteiger partial charge is 0.0701 e. The summed E-state index contributed by atoms with van der Waals surface area (Å²) < 4.78 is 1.19. The maximum absolute atomic E-state index is 5.99. The zero-order chi connectivity index (χ0) is 13.0. The highest BCUT2D eigenvalue weighted by Crippen LogP contribution is 2.22. The molecule has 0 saturated carbocycles. The maximum Gasteiger partial charge on any atom is 0.0701 e. The topological polar surface area (TPSA) is 12.0 Å². The number of rotatable bonds is 5. The van der Waals surface area contributed by atoms with Crippen molar-refractivity contribution in [2.75, 3.05) is 6.54 Å². The van der Waals surface area contributed by atoms with Crippen LogP contribution in [-0.4, -0.2) is 6.54 Å². The lowest BCUT2D eigenvalue weighted by atomic mass is 10.1. The summed E-state index contributed by atoms with van der Waals surface area (Å²) in [6.07, 6.45) is 1.06. The fraction of sp³-hybridized carbons (Fsp3) is 0.286. The summed E-state index contributed by atoms with van der Waals surface area (Å²) in [6, 6.07) is 12.6. The highest BCUT2D eigenvalue weighted by Gasteiger charge is 2.05. The maximum atomic E-state index is 5.99. The van der Waals surface area contributed by atoms with Crippen molar-refractivity contribution in [2.24, 2.45) is 0 Å². The molecule has 1 unspecified atom stereocenters. The van der Waals surface area contributed by atoms with Crippen molar-refractivity contribution >= 4 is 38.9 Å². The van der Waals surface area contributed by atoms with Gasteiger partial charge in [-0.2, -0.15) is 0 Å². The number of hydrogen-bond acceptors (Lipinski definition) is 2. The average Bonchev–Trinajstić information content (AvgIpc) is 2.75. The van der Waals surface area contributed by atoms with Crippen LogP contribution in [0.3, 0.4) is 0 Å². The molecule has 0 bridgehead atoms. The van der Waals surface area contributed by atoms with E-state index in [-0.39, 0.29) is 0 Å². The molecule has 1 aromatic carbocycles. The summed E-state index contributed by atoms with van der Waals surface area (Å²) in [5, 5.41) is 4.31. The molecule has 1 aromatic heterocycles. The first kappa shape index (κ1) is 14.1. The van der Waals surface area contributed by atoms with Gasteiger partial charge in [0.25, 0.3) is 0 Å². The first-order valence-electron chi connectivity index (χ1n) is 5.88. The van der Waals surface area contributed by atoms with E-state index >= 15 is 0 Å². The molecule has 0 aliphatic rings. The molecule has 0 aliphatic carbocycles. The van der Waals surface area contributed by atoms with Crippen molar-refractivity contribution in [1.29, 1.82) is 0 Å². The zero-order valence-electron chi connectivity index (χ0n) is 10.1. The number of nitrogens with one attached hydrogen (secondary N) is 1. The van der Waals surface area contributed by atoms with Crippen LogP contribution in [0.1, 0.15) is 23.4 Å². The molecule has 1 N–H and O–H groups in total. The van der Waals surface area contributed by atoms with Crippen LogP contribution < -0.4 is 5.32 Å². The second-order valence-corrected chi connectivity index (χ2v) is 7.17. The van der Waals surface area contributed by atoms with Gasteiger partial charge in [-0.3, -0.25) is 0 Å². The number of thiophene rings is 1. The van der Waals surface area contributed by atoms with Crippen LogP contribution in [0.4, 0.5) is 0 Å². The summed E-state index contributed by atoms with van der Waals surface area (Å²) in [7, 11) is 0. The molecule has 0 saturated heterocycles. The van der Waals surface area contributed by atoms with Gasteiger partial charge >= 0.3 is 0 Å². The van der Waals surface area contributed by atoms with Gasteiger partial charge in [0, 0.05) is 22.5 Å². The second-order valence-electron chi connectivity index (χ2n) is 4.19. The first-order chi connectivity index (χ1) is 8.65. The molecule has 0 spiro atoms. The van der Waals surface area contributed by atoms with Gasteiger partial charge in [-0.1, -0.05) is 23.7 Å². The van der Waals surface area contributed by atoms with Crippen LogP contribution in [0.25, 0.3) is 0 Å². The SMILES string of the molecule is CC(NCCc1ccc(Br)s1)c1cccc(Cl)c1. The minimum Gasteiger partial charge on any atom is -0.310 e. The van der Waals surface area contributed by atoms with E-state index in [1.165, 1.54) is 14.2 Å². The van der Waals surface area contributed by atoms with Gasteiger partial charge in [-0.15, -0.1) is 11.3 Å². The van der Waals surface area contributed by atoms with Gasteiger partial charge in [0.05, 0.1) is 3.79 Å². The van der Waals surface area contributed by atoms with Crippen LogP contribution in [0.5, 0.6) is 0 Å². The molecule has 1 atom stereocenters. The molecular weight excluding hydrogens is 330 g/mol. The summed E-state index contributed by atoms with van der Waals surface area (Å²) in [5.41, 5.74) is 1.23. The Kier molecular flexibility index (Phi) is 5.25. The Bertz CT molecular complexity index is 512. The summed E-state index contributed by atoms with van der Waals surface area (Å²) in [4.78, 5) is 1.40. The Hall–Kier alpha value is -0.350. The fourth-order valence-electron chi connectivity index (χ4n) is 1.79. The normalized spacial score (nSPS) is 12.6. The monoisotopic (exact) mass is 343 g/mol. The average molecular weight is 345 g/mol. The molecule has 96 valence electrons. The summed E-state index contributed by atoms with van der Waals surface area (Å²) in [5.74, 6) is 0. The standard InChI is InChI=1S/C14H15BrClNS/c1-10(11-3-2-4-12(16)9-11)17-8-7-13-5-6-14(15)18-13/h2-6,9-10,17H,7-8H2,1H3. The molecule has 0 fully saturated rings. The van der Waals surface area contributed by atoms with E-state index in [0.29, 0.717) is 6.04 Å². The quantitative estimate of drug-likeness (QED) is 0.799. The van der Waals surface area contributed by atoms with Crippen molar-refractivity contribution in [2.45, 2.75) is 19.4 Å². The van der Waals surface area contributed by atoms with Crippen LogP contribution >= 0.6 is 38.9 Å². The van der Waals surface area contributed by atoms with Crippen molar-refractivity contribution in [1.82, 2.24) is 5.32 Å². The van der Waals surface area contributed by atoms with Crippen LogP contribution in [0, 0.1) is 0 Å². The van der Waals surface area contributed by atoms with E-state index in [1.54, 1.807) is 11.3 Å². The molecule has 1 nitrogen and oxygen atoms in total. The highest BCUT2D eigenvalue weighted by molar-refractivity contribution is 9.11. The van der Waals surface area contributed by atoms with Crippen molar-refractivity contribution in [3.63, 3.8) is 0 Å². The fourth-order valence-corrected chi connectivity index (χ4v) is 3.47. The lowest BCUT2D eigenvalue weighted by Crippen LogP contribution is -2.21. The molecule has 2 rings (SSSR count). The van der Waals surface area contributed by atoms with E-state index < -0.39 is 0 Å². The molecule has 18 heavy (non-hydrogen) atoms. The Labute approximate surface area is 125 Å². The summed E-state index contributed by atoms with van der Waals surface area (Å²) >= 11 is 11.3. The van der Waals surface area contributed by atoms with Gasteiger partial charge < -0.3 is 5.32 Å². The first-order valence-corrected chi connectivity index (χ1v) is 7.87. The molecule has 0 amide bonds. The van der Waals surface area contributed by atoms with Gasteiger partial charge in [0.1, 0.15) is 0 Å². The molecule has 0 aliphatic heterocycles. The third-order valence-corrected chi connectivity index (χ3v) is 4.72. The van der Waals surface area contributed by atoms with Crippen molar-refractivity contribution < 1.29 is 0 Å². The predicted octanol–water partition coefficient (Wildman–Crippen LogP) is 5.06. The Morgan fingerprint density at radius 1 is 1.33 bits per heavy atom. The molecule has 1 heterocycles. The van der Waals surface area contributed by atoms with Gasteiger partial charge in [-0.25, -0.2) is 0 Å². The highest BCUT2D eigenvalue weighted by atomic mass is 79.9. The Balaban J connectivity index is 1.83. The second kappa shape index (κ2) is 6.71. The van der Waals surface area contributed by atoms with Gasteiger partial charge in [-0.05, 0) is 59.1 Å². The number of hydrogen-bond donors (Lipinski definition) is 1. The molecule has 4 heteroatoms. The third-order valence-electron chi connectivity index (χ3n) is 2.80. The van der Waals surface area contributed by atoms with E-state index in [2.05, 4.69) is 46.4 Å². The van der Waals surface area contributed by atoms with Crippen LogP contribution in [-0.2, 0) is 6.42 Å². The third kappa shape index (κ3) is 4.09. The largest absolute Gasteiger partial charge is 0.310 e.